The van der Waals surface area contributed by atoms with Gasteiger partial charge in [-0.3, -0.25) is 10.1 Å². The number of carbonyl (C=O) groups is 1. The fraction of sp³-hybridized carbons (Fsp3) is 0.933. The van der Waals surface area contributed by atoms with Gasteiger partial charge in [-0.2, -0.15) is 0 Å². The number of hydrogen-bond donors (Lipinski definition) is 2. The second-order valence-electron chi connectivity index (χ2n) is 7.35. The molecule has 2 N–H and O–H groups in total. The van der Waals surface area contributed by atoms with Gasteiger partial charge in [0.25, 0.3) is 0 Å². The summed E-state index contributed by atoms with van der Waals surface area (Å²) in [7, 11) is 0. The van der Waals surface area contributed by atoms with Crippen LogP contribution in [0.2, 0.25) is 0 Å². The van der Waals surface area contributed by atoms with Crippen LogP contribution in [0.1, 0.15) is 52.9 Å². The molecule has 1 saturated carbocycles. The number of carboxylic acid groups (broad SMARTS) is 1. The summed E-state index contributed by atoms with van der Waals surface area (Å²) < 4.78 is 0. The molecule has 1 aliphatic heterocycles. The molecule has 0 aromatic carbocycles. The highest BCUT2D eigenvalue weighted by atomic mass is 16.4. The zero-order valence-corrected chi connectivity index (χ0v) is 12.5. The van der Waals surface area contributed by atoms with Crippen LogP contribution in [-0.4, -0.2) is 47.2 Å². The third kappa shape index (κ3) is 4.18. The van der Waals surface area contributed by atoms with Gasteiger partial charge >= 0.3 is 5.97 Å². The molecule has 2 fully saturated rings. The van der Waals surface area contributed by atoms with Gasteiger partial charge in [-0.1, -0.05) is 13.8 Å². The lowest BCUT2D eigenvalue weighted by Crippen LogP contribution is -2.57. The molecule has 2 aliphatic rings. The molecule has 1 saturated heterocycles. The smallest absolute Gasteiger partial charge is 0.324 e. The molecule has 4 nitrogen and oxygen atoms in total. The van der Waals surface area contributed by atoms with Crippen LogP contribution in [-0.2, 0) is 4.79 Å². The van der Waals surface area contributed by atoms with E-state index in [-0.39, 0.29) is 0 Å². The third-order valence-electron chi connectivity index (χ3n) is 4.54. The van der Waals surface area contributed by atoms with Crippen LogP contribution < -0.4 is 5.32 Å². The minimum absolute atomic E-state index is 0.401. The van der Waals surface area contributed by atoms with Crippen LogP contribution in [0.25, 0.3) is 0 Å². The lowest BCUT2D eigenvalue weighted by atomic mass is 9.85. The highest BCUT2D eigenvalue weighted by Gasteiger charge is 2.40. The third-order valence-corrected chi connectivity index (χ3v) is 4.54. The number of hydrogen-bond acceptors (Lipinski definition) is 3. The average molecular weight is 268 g/mol. The summed E-state index contributed by atoms with van der Waals surface area (Å²) in [5.74, 6) is -0.720. The van der Waals surface area contributed by atoms with Crippen molar-refractivity contribution < 1.29 is 9.90 Å². The van der Waals surface area contributed by atoms with Crippen molar-refractivity contribution in [2.75, 3.05) is 19.6 Å². The van der Waals surface area contributed by atoms with Gasteiger partial charge in [0, 0.05) is 12.6 Å². The summed E-state index contributed by atoms with van der Waals surface area (Å²) in [5.41, 5.74) is -0.395. The summed E-state index contributed by atoms with van der Waals surface area (Å²) in [6.07, 6.45) is 5.81. The molecule has 0 aromatic rings. The lowest BCUT2D eigenvalue weighted by molar-refractivity contribution is -0.145. The van der Waals surface area contributed by atoms with E-state index in [1.54, 1.807) is 0 Å². The minimum Gasteiger partial charge on any atom is -0.480 e. The Hall–Kier alpha value is -0.610. The molecule has 4 heteroatoms. The van der Waals surface area contributed by atoms with Crippen molar-refractivity contribution in [3.8, 4) is 0 Å². The standard InChI is InChI=1S/C15H28N2O2/c1-14(2)7-4-9-17(10-8-14)11-15(3,13(18)19)16-12-5-6-12/h12,16H,4-11H2,1-3H3,(H,18,19). The Bertz CT molecular complexity index is 339. The van der Waals surface area contributed by atoms with Crippen LogP contribution in [0.3, 0.4) is 0 Å². The zero-order valence-electron chi connectivity index (χ0n) is 12.5. The number of likely N-dealkylation sites (tertiary alicyclic amines) is 1. The molecule has 0 bridgehead atoms. The summed E-state index contributed by atoms with van der Waals surface area (Å²) >= 11 is 0. The first-order chi connectivity index (χ1) is 8.81. The van der Waals surface area contributed by atoms with E-state index >= 15 is 0 Å². The molecule has 2 rings (SSSR count). The van der Waals surface area contributed by atoms with Gasteiger partial charge in [0.2, 0.25) is 0 Å². The van der Waals surface area contributed by atoms with Gasteiger partial charge in [0.15, 0.2) is 0 Å². The maximum absolute atomic E-state index is 11.6. The van der Waals surface area contributed by atoms with Crippen LogP contribution >= 0.6 is 0 Å². The van der Waals surface area contributed by atoms with Gasteiger partial charge < -0.3 is 10.0 Å². The average Bonchev–Trinajstić information content (AvgIpc) is 3.09. The summed E-state index contributed by atoms with van der Waals surface area (Å²) in [5, 5.41) is 12.8. The van der Waals surface area contributed by atoms with Gasteiger partial charge in [0.1, 0.15) is 5.54 Å². The molecule has 110 valence electrons. The quantitative estimate of drug-likeness (QED) is 0.801. The van der Waals surface area contributed by atoms with Crippen molar-refractivity contribution in [2.45, 2.75) is 64.5 Å². The van der Waals surface area contributed by atoms with Gasteiger partial charge in [-0.15, -0.1) is 0 Å². The molecule has 19 heavy (non-hydrogen) atoms. The molecule has 0 aromatic heterocycles. The highest BCUT2D eigenvalue weighted by Crippen LogP contribution is 2.30. The monoisotopic (exact) mass is 268 g/mol. The Kier molecular flexibility index (Phi) is 4.21. The number of nitrogens with one attached hydrogen (secondary N) is 1. The predicted molar refractivity (Wildman–Crippen MR) is 76.3 cm³/mol. The van der Waals surface area contributed by atoms with Crippen molar-refractivity contribution in [3.63, 3.8) is 0 Å². The van der Waals surface area contributed by atoms with Crippen molar-refractivity contribution in [1.29, 1.82) is 0 Å². The highest BCUT2D eigenvalue weighted by molar-refractivity contribution is 5.78. The molecule has 1 atom stereocenters. The maximum atomic E-state index is 11.6. The number of nitrogens with zero attached hydrogens (tertiary/aromatic N) is 1. The van der Waals surface area contributed by atoms with Crippen molar-refractivity contribution >= 4 is 5.97 Å². The van der Waals surface area contributed by atoms with Crippen molar-refractivity contribution in [2.24, 2.45) is 5.41 Å². The first-order valence-corrected chi connectivity index (χ1v) is 7.54. The Morgan fingerprint density at radius 3 is 2.63 bits per heavy atom. The fourth-order valence-electron chi connectivity index (χ4n) is 2.94. The van der Waals surface area contributed by atoms with Gasteiger partial charge in [0.05, 0.1) is 0 Å². The predicted octanol–water partition coefficient (Wildman–Crippen LogP) is 2.09. The second kappa shape index (κ2) is 5.41. The lowest BCUT2D eigenvalue weighted by Gasteiger charge is -2.33. The first-order valence-electron chi connectivity index (χ1n) is 7.54. The van der Waals surface area contributed by atoms with E-state index in [4.69, 9.17) is 0 Å². The number of aliphatic carboxylic acids is 1. The van der Waals surface area contributed by atoms with E-state index in [1.165, 1.54) is 12.8 Å². The molecular weight excluding hydrogens is 240 g/mol. The van der Waals surface area contributed by atoms with Crippen LogP contribution in [0.4, 0.5) is 0 Å². The largest absolute Gasteiger partial charge is 0.480 e. The number of rotatable bonds is 5. The molecule has 1 aliphatic carbocycles. The summed E-state index contributed by atoms with van der Waals surface area (Å²) in [6, 6.07) is 0.421. The normalized spacial score (nSPS) is 27.5. The zero-order chi connectivity index (χ0) is 14.1. The van der Waals surface area contributed by atoms with Crippen molar-refractivity contribution in [3.05, 3.63) is 0 Å². The SMILES string of the molecule is CC1(C)CCCN(CC(C)(NC2CC2)C(=O)O)CC1. The Morgan fingerprint density at radius 1 is 1.37 bits per heavy atom. The van der Waals surface area contributed by atoms with E-state index in [9.17, 15) is 9.90 Å². The van der Waals surface area contributed by atoms with E-state index < -0.39 is 11.5 Å². The van der Waals surface area contributed by atoms with Gasteiger partial charge in [-0.05, 0) is 57.5 Å². The summed E-state index contributed by atoms with van der Waals surface area (Å²) in [6.45, 7) is 9.13. The van der Waals surface area contributed by atoms with Gasteiger partial charge in [-0.25, -0.2) is 0 Å². The van der Waals surface area contributed by atoms with Crippen LogP contribution in [0.15, 0.2) is 0 Å². The van der Waals surface area contributed by atoms with Crippen LogP contribution in [0.5, 0.6) is 0 Å². The molecule has 0 spiro atoms. The summed E-state index contributed by atoms with van der Waals surface area (Å²) in [4.78, 5) is 13.9. The number of carboxylic acids is 1. The Balaban J connectivity index is 1.94. The minimum atomic E-state index is -0.796. The van der Waals surface area contributed by atoms with E-state index in [0.29, 0.717) is 18.0 Å². The maximum Gasteiger partial charge on any atom is 0.324 e. The second-order valence-corrected chi connectivity index (χ2v) is 7.35. The van der Waals surface area contributed by atoms with E-state index in [0.717, 1.165) is 32.4 Å². The fourth-order valence-corrected chi connectivity index (χ4v) is 2.94. The Labute approximate surface area is 116 Å². The topological polar surface area (TPSA) is 52.6 Å². The van der Waals surface area contributed by atoms with Crippen molar-refractivity contribution in [1.82, 2.24) is 10.2 Å². The molecule has 1 unspecified atom stereocenters. The molecule has 0 radical (unpaired) electrons. The molecule has 0 amide bonds. The van der Waals surface area contributed by atoms with E-state index in [1.807, 2.05) is 6.92 Å². The first kappa shape index (κ1) is 14.8. The van der Waals surface area contributed by atoms with E-state index in [2.05, 4.69) is 24.1 Å². The molecular formula is C15H28N2O2. The molecule has 1 heterocycles. The Morgan fingerprint density at radius 2 is 2.05 bits per heavy atom. The van der Waals surface area contributed by atoms with Crippen LogP contribution in [0, 0.1) is 5.41 Å².